The fourth-order valence-electron chi connectivity index (χ4n) is 4.30. The van der Waals surface area contributed by atoms with E-state index in [1.807, 2.05) is 0 Å². The first kappa shape index (κ1) is 33.5. The number of rotatable bonds is 12. The maximum atomic E-state index is 15.1. The zero-order chi connectivity index (χ0) is 33.6. The zero-order valence-corrected chi connectivity index (χ0v) is 23.5. The first-order valence-corrected chi connectivity index (χ1v) is 13.3. The minimum absolute atomic E-state index is 0.0497. The van der Waals surface area contributed by atoms with Crippen molar-refractivity contribution in [3.8, 4) is 39.8 Å². The number of ether oxygens (including phenoxy) is 3. The average molecular weight is 648 g/mol. The normalized spacial score (nSPS) is 11.1. The Hall–Kier alpha value is -5.38. The van der Waals surface area contributed by atoms with Crippen molar-refractivity contribution in [1.29, 1.82) is 5.26 Å². The summed E-state index contributed by atoms with van der Waals surface area (Å²) in [6.45, 7) is 3.80. The van der Waals surface area contributed by atoms with Gasteiger partial charge < -0.3 is 14.2 Å². The second kappa shape index (κ2) is 14.2. The Morgan fingerprint density at radius 3 is 1.83 bits per heavy atom. The van der Waals surface area contributed by atoms with Crippen molar-refractivity contribution >= 4 is 5.97 Å². The number of nitrogens with zero attached hydrogens (tertiary/aromatic N) is 1. The van der Waals surface area contributed by atoms with Crippen LogP contribution in [0, 0.1) is 46.2 Å². The van der Waals surface area contributed by atoms with Crippen molar-refractivity contribution in [1.82, 2.24) is 0 Å². The highest BCUT2D eigenvalue weighted by Gasteiger charge is 2.42. The third kappa shape index (κ3) is 7.63. The van der Waals surface area contributed by atoms with Crippen LogP contribution in [0.4, 0.5) is 35.1 Å². The van der Waals surface area contributed by atoms with Gasteiger partial charge in [-0.2, -0.15) is 14.0 Å². The van der Waals surface area contributed by atoms with Crippen LogP contribution in [-0.4, -0.2) is 19.2 Å². The van der Waals surface area contributed by atoms with Crippen molar-refractivity contribution in [2.24, 2.45) is 0 Å². The lowest BCUT2D eigenvalue weighted by atomic mass is 9.97. The van der Waals surface area contributed by atoms with Gasteiger partial charge in [-0.3, -0.25) is 0 Å². The fourth-order valence-corrected chi connectivity index (χ4v) is 4.30. The van der Waals surface area contributed by atoms with Gasteiger partial charge >= 0.3 is 12.1 Å². The molecule has 0 heterocycles. The number of halogens is 8. The minimum Gasteiger partial charge on any atom is -0.494 e. The Balaban J connectivity index is 1.50. The summed E-state index contributed by atoms with van der Waals surface area (Å²) in [4.78, 5) is 11.0. The van der Waals surface area contributed by atoms with Gasteiger partial charge in [0.25, 0.3) is 0 Å². The van der Waals surface area contributed by atoms with Gasteiger partial charge in [0.1, 0.15) is 63.6 Å². The molecule has 0 saturated carbocycles. The van der Waals surface area contributed by atoms with E-state index in [0.29, 0.717) is 30.8 Å². The highest BCUT2D eigenvalue weighted by Crippen LogP contribution is 2.39. The van der Waals surface area contributed by atoms with Crippen LogP contribution < -0.4 is 9.47 Å². The Morgan fingerprint density at radius 1 is 0.739 bits per heavy atom. The topological polar surface area (TPSA) is 68.6 Å². The molecular formula is C33H21F8NO4. The molecule has 0 saturated heterocycles. The number of hydrogen-bond acceptors (Lipinski definition) is 5. The lowest BCUT2D eigenvalue weighted by Crippen LogP contribution is -2.25. The van der Waals surface area contributed by atoms with E-state index in [1.165, 1.54) is 18.2 Å². The van der Waals surface area contributed by atoms with E-state index in [4.69, 9.17) is 14.7 Å². The Kier molecular flexibility index (Phi) is 10.3. The van der Waals surface area contributed by atoms with Gasteiger partial charge in [-0.25, -0.2) is 31.1 Å². The largest absolute Gasteiger partial charge is 0.494 e. The highest BCUT2D eigenvalue weighted by atomic mass is 19.3. The molecule has 0 amide bonds. The predicted molar refractivity (Wildman–Crippen MR) is 149 cm³/mol. The van der Waals surface area contributed by atoms with Gasteiger partial charge in [-0.05, 0) is 65.9 Å². The van der Waals surface area contributed by atoms with Crippen molar-refractivity contribution in [3.63, 3.8) is 0 Å². The quantitative estimate of drug-likeness (QED) is 0.0666. The molecule has 4 rings (SSSR count). The minimum atomic E-state index is -4.84. The maximum Gasteiger partial charge on any atom is 0.432 e. The van der Waals surface area contributed by atoms with E-state index in [1.54, 1.807) is 12.1 Å². The smallest absolute Gasteiger partial charge is 0.432 e. The van der Waals surface area contributed by atoms with Crippen molar-refractivity contribution in [2.75, 3.05) is 13.2 Å². The molecule has 5 nitrogen and oxygen atoms in total. The number of hydrogen-bond donors (Lipinski definition) is 0. The summed E-state index contributed by atoms with van der Waals surface area (Å²) in [5.74, 6) is -10.8. The van der Waals surface area contributed by atoms with Crippen LogP contribution in [0.1, 0.15) is 24.0 Å². The molecule has 4 aromatic carbocycles. The standard InChI is InChI=1S/C33H21F8NO4/c1-2-30(43)45-10-4-3-9-44-21-7-5-18(6-8-21)19-11-26(36)31(27(37)12-19)20-13-28(38)32(29(39)14-20)33(40,41)46-22-15-24(34)23(17-42)25(35)16-22/h2,5-8,11-16H,1,3-4,9-10H2. The van der Waals surface area contributed by atoms with Crippen LogP contribution in [0.5, 0.6) is 11.5 Å². The molecule has 13 heteroatoms. The number of carbonyl (C=O) groups excluding carboxylic acids is 1. The molecule has 238 valence electrons. The second-order valence-corrected chi connectivity index (χ2v) is 9.57. The molecule has 0 bridgehead atoms. The lowest BCUT2D eigenvalue weighted by Gasteiger charge is -2.20. The molecule has 0 aromatic heterocycles. The molecule has 0 fully saturated rings. The highest BCUT2D eigenvalue weighted by molar-refractivity contribution is 5.81. The summed E-state index contributed by atoms with van der Waals surface area (Å²) in [5, 5.41) is 8.69. The van der Waals surface area contributed by atoms with Gasteiger partial charge in [0, 0.05) is 18.2 Å². The molecule has 0 unspecified atom stereocenters. The summed E-state index contributed by atoms with van der Waals surface area (Å²) in [6, 6.07) is 10.0. The van der Waals surface area contributed by atoms with E-state index < -0.39 is 75.0 Å². The summed E-state index contributed by atoms with van der Waals surface area (Å²) < 4.78 is 132. The SMILES string of the molecule is C=CC(=O)OCCCCOc1ccc(-c2cc(F)c(-c3cc(F)c(C(F)(F)Oc4cc(F)c(C#N)c(F)c4)c(F)c3)c(F)c2)cc1. The summed E-state index contributed by atoms with van der Waals surface area (Å²) in [7, 11) is 0. The molecule has 0 radical (unpaired) electrons. The van der Waals surface area contributed by atoms with Gasteiger partial charge in [0.05, 0.1) is 18.8 Å². The first-order valence-electron chi connectivity index (χ1n) is 13.3. The van der Waals surface area contributed by atoms with Crippen LogP contribution >= 0.6 is 0 Å². The molecule has 0 aliphatic rings. The Labute approximate surface area is 256 Å². The van der Waals surface area contributed by atoms with Gasteiger partial charge in [0.2, 0.25) is 0 Å². The second-order valence-electron chi connectivity index (χ2n) is 9.57. The number of carbonyl (C=O) groups is 1. The molecule has 0 spiro atoms. The Morgan fingerprint density at radius 2 is 1.28 bits per heavy atom. The van der Waals surface area contributed by atoms with E-state index in [9.17, 15) is 31.1 Å². The third-order valence-electron chi connectivity index (χ3n) is 6.44. The molecular weight excluding hydrogens is 626 g/mol. The van der Waals surface area contributed by atoms with E-state index in [2.05, 4.69) is 11.3 Å². The number of alkyl halides is 2. The molecule has 46 heavy (non-hydrogen) atoms. The first-order chi connectivity index (χ1) is 21.8. The van der Waals surface area contributed by atoms with Crippen molar-refractivity contribution in [2.45, 2.75) is 19.0 Å². The van der Waals surface area contributed by atoms with E-state index in [0.717, 1.165) is 18.2 Å². The maximum absolute atomic E-state index is 15.1. The summed E-state index contributed by atoms with van der Waals surface area (Å²) >= 11 is 0. The molecule has 4 aromatic rings. The van der Waals surface area contributed by atoms with Gasteiger partial charge in [-0.1, -0.05) is 18.7 Å². The summed E-state index contributed by atoms with van der Waals surface area (Å²) in [6.07, 6.45) is -2.65. The average Bonchev–Trinajstić information content (AvgIpc) is 2.97. The molecule has 0 N–H and O–H groups in total. The zero-order valence-electron chi connectivity index (χ0n) is 23.5. The number of unbranched alkanes of at least 4 members (excludes halogenated alkanes) is 1. The van der Waals surface area contributed by atoms with Crippen molar-refractivity contribution in [3.05, 3.63) is 119 Å². The number of esters is 1. The van der Waals surface area contributed by atoms with Crippen LogP contribution in [0.3, 0.4) is 0 Å². The fraction of sp³-hybridized carbons (Fsp3) is 0.152. The molecule has 0 atom stereocenters. The van der Waals surface area contributed by atoms with Crippen LogP contribution in [0.25, 0.3) is 22.3 Å². The summed E-state index contributed by atoms with van der Waals surface area (Å²) in [5.41, 5.74) is -4.34. The van der Waals surface area contributed by atoms with E-state index in [-0.39, 0.29) is 36.4 Å². The molecule has 0 aliphatic carbocycles. The van der Waals surface area contributed by atoms with Crippen LogP contribution in [0.15, 0.2) is 73.3 Å². The third-order valence-corrected chi connectivity index (χ3v) is 6.44. The number of nitriles is 1. The van der Waals surface area contributed by atoms with E-state index >= 15 is 8.78 Å². The number of benzene rings is 4. The van der Waals surface area contributed by atoms with Crippen molar-refractivity contribution < 1.29 is 54.1 Å². The van der Waals surface area contributed by atoms with Crippen LogP contribution in [0.2, 0.25) is 0 Å². The lowest BCUT2D eigenvalue weighted by molar-refractivity contribution is -0.189. The van der Waals surface area contributed by atoms with Gasteiger partial charge in [-0.15, -0.1) is 0 Å². The monoisotopic (exact) mass is 647 g/mol. The van der Waals surface area contributed by atoms with Gasteiger partial charge in [0.15, 0.2) is 0 Å². The molecule has 0 aliphatic heterocycles. The Bertz CT molecular complexity index is 1750. The van der Waals surface area contributed by atoms with Crippen LogP contribution in [-0.2, 0) is 15.6 Å². The predicted octanol–water partition coefficient (Wildman–Crippen LogP) is 8.74.